The van der Waals surface area contributed by atoms with Gasteiger partial charge in [0.25, 0.3) is 0 Å². The predicted octanol–water partition coefficient (Wildman–Crippen LogP) is 19.1. The molecule has 0 rings (SSSR count). The van der Waals surface area contributed by atoms with Crippen LogP contribution in [0.15, 0.2) is 0 Å². The molecule has 3 unspecified atom stereocenters. The molecule has 87 heavy (non-hydrogen) atoms. The van der Waals surface area contributed by atoms with Crippen molar-refractivity contribution in [3.8, 4) is 0 Å². The number of esters is 4. The fourth-order valence-electron chi connectivity index (χ4n) is 10.2. The summed E-state index contributed by atoms with van der Waals surface area (Å²) in [5, 5.41) is 10.6. The van der Waals surface area contributed by atoms with Crippen LogP contribution in [0.5, 0.6) is 0 Å². The number of rotatable bonds is 66. The summed E-state index contributed by atoms with van der Waals surface area (Å²) in [6, 6.07) is 0. The largest absolute Gasteiger partial charge is 0.472 e. The van der Waals surface area contributed by atoms with Crippen molar-refractivity contribution in [2.75, 3.05) is 39.6 Å². The van der Waals surface area contributed by atoms with Crippen LogP contribution in [0, 0.1) is 17.8 Å². The Balaban J connectivity index is 5.24. The third-order valence-electron chi connectivity index (χ3n) is 16.0. The maximum atomic E-state index is 13.0. The molecule has 0 spiro atoms. The van der Waals surface area contributed by atoms with Gasteiger partial charge in [0.2, 0.25) is 0 Å². The molecule has 0 aliphatic heterocycles. The second-order valence-electron chi connectivity index (χ2n) is 25.8. The molecule has 0 fully saturated rings. The summed E-state index contributed by atoms with van der Waals surface area (Å²) in [4.78, 5) is 72.4. The zero-order valence-corrected chi connectivity index (χ0v) is 58.3. The maximum Gasteiger partial charge on any atom is 0.472 e. The van der Waals surface area contributed by atoms with E-state index in [2.05, 4.69) is 48.5 Å². The van der Waals surface area contributed by atoms with Gasteiger partial charge in [0, 0.05) is 25.7 Å². The van der Waals surface area contributed by atoms with Gasteiger partial charge in [0.1, 0.15) is 19.3 Å². The fourth-order valence-corrected chi connectivity index (χ4v) is 11.7. The Morgan fingerprint density at radius 1 is 0.333 bits per heavy atom. The molecule has 17 nitrogen and oxygen atoms in total. The van der Waals surface area contributed by atoms with Crippen molar-refractivity contribution in [1.82, 2.24) is 0 Å². The fraction of sp³-hybridized carbons (Fsp3) is 0.941. The molecule has 516 valence electrons. The molecule has 0 amide bonds. The average Bonchev–Trinajstić information content (AvgIpc) is 3.68. The molecule has 0 heterocycles. The van der Waals surface area contributed by atoms with Crippen LogP contribution in [0.3, 0.4) is 0 Å². The Hall–Kier alpha value is -1.94. The highest BCUT2D eigenvalue weighted by Crippen LogP contribution is 2.45. The second-order valence-corrected chi connectivity index (χ2v) is 28.7. The standard InChI is InChI=1S/C68H132O17P2/c1-8-10-11-12-13-19-28-35-42-49-65(70)78-56-64(85-68(73)52-45-38-31-24-26-33-40-47-60(5)6)58-83-87(76,77)81-54-62(69)53-80-86(74,75)82-57-63(84-67(72)51-44-37-30-23-16-14-15-20-25-32-39-46-59(3)4)55-79-66(71)50-43-36-29-22-18-17-21-27-34-41-48-61(7)9-2/h59-64,69H,8-58H2,1-7H3,(H,74,75)(H,76,77)/t61?,62-,63-,64-/m1/s1. The number of ether oxygens (including phenoxy) is 4. The molecule has 0 aromatic rings. The first-order valence-electron chi connectivity index (χ1n) is 35.4. The Bertz CT molecular complexity index is 1720. The van der Waals surface area contributed by atoms with E-state index in [4.69, 9.17) is 37.0 Å². The highest BCUT2D eigenvalue weighted by atomic mass is 31.2. The van der Waals surface area contributed by atoms with Crippen molar-refractivity contribution in [2.45, 2.75) is 356 Å². The molecule has 0 bridgehead atoms. The lowest BCUT2D eigenvalue weighted by Crippen LogP contribution is -2.30. The van der Waals surface area contributed by atoms with E-state index in [0.717, 1.165) is 102 Å². The van der Waals surface area contributed by atoms with E-state index >= 15 is 0 Å². The predicted molar refractivity (Wildman–Crippen MR) is 349 cm³/mol. The first-order chi connectivity index (χ1) is 41.8. The zero-order valence-electron chi connectivity index (χ0n) is 56.5. The molecule has 0 aliphatic rings. The van der Waals surface area contributed by atoms with Crippen LogP contribution < -0.4 is 0 Å². The van der Waals surface area contributed by atoms with Crippen molar-refractivity contribution in [3.05, 3.63) is 0 Å². The number of hydrogen-bond donors (Lipinski definition) is 3. The van der Waals surface area contributed by atoms with E-state index in [1.165, 1.54) is 148 Å². The van der Waals surface area contributed by atoms with Gasteiger partial charge < -0.3 is 33.8 Å². The third kappa shape index (κ3) is 61.3. The second kappa shape index (κ2) is 59.1. The number of phosphoric acid groups is 2. The van der Waals surface area contributed by atoms with Gasteiger partial charge in [0.15, 0.2) is 12.2 Å². The summed E-state index contributed by atoms with van der Waals surface area (Å²) in [6.07, 6.45) is 41.7. The molecule has 3 N–H and O–H groups in total. The van der Waals surface area contributed by atoms with Gasteiger partial charge in [-0.3, -0.25) is 37.3 Å². The van der Waals surface area contributed by atoms with Gasteiger partial charge in [0.05, 0.1) is 26.4 Å². The minimum atomic E-state index is -4.95. The van der Waals surface area contributed by atoms with Crippen LogP contribution in [0.2, 0.25) is 0 Å². The van der Waals surface area contributed by atoms with Crippen LogP contribution in [0.1, 0.15) is 337 Å². The number of hydrogen-bond acceptors (Lipinski definition) is 15. The Labute approximate surface area is 530 Å². The number of unbranched alkanes of at least 4 members (excludes halogenated alkanes) is 33. The van der Waals surface area contributed by atoms with Gasteiger partial charge >= 0.3 is 39.5 Å². The van der Waals surface area contributed by atoms with Crippen molar-refractivity contribution >= 4 is 39.5 Å². The molecule has 0 aromatic carbocycles. The minimum Gasteiger partial charge on any atom is -0.462 e. The number of aliphatic hydroxyl groups is 1. The van der Waals surface area contributed by atoms with Crippen LogP contribution in [-0.2, 0) is 65.4 Å². The topological polar surface area (TPSA) is 237 Å². The third-order valence-corrected chi connectivity index (χ3v) is 17.9. The van der Waals surface area contributed by atoms with Gasteiger partial charge in [-0.05, 0) is 43.4 Å². The van der Waals surface area contributed by atoms with Gasteiger partial charge in [-0.15, -0.1) is 0 Å². The van der Waals surface area contributed by atoms with Crippen LogP contribution in [-0.4, -0.2) is 96.7 Å². The lowest BCUT2D eigenvalue weighted by molar-refractivity contribution is -0.161. The summed E-state index contributed by atoms with van der Waals surface area (Å²) in [7, 11) is -9.89. The van der Waals surface area contributed by atoms with E-state index in [1.54, 1.807) is 0 Å². The lowest BCUT2D eigenvalue weighted by Gasteiger charge is -2.21. The van der Waals surface area contributed by atoms with Crippen LogP contribution >= 0.6 is 15.6 Å². The molecule has 0 saturated heterocycles. The highest BCUT2D eigenvalue weighted by molar-refractivity contribution is 7.47. The first kappa shape index (κ1) is 85.1. The number of carbonyl (C=O) groups excluding carboxylic acids is 4. The van der Waals surface area contributed by atoms with Crippen LogP contribution in [0.25, 0.3) is 0 Å². The smallest absolute Gasteiger partial charge is 0.462 e. The van der Waals surface area contributed by atoms with Crippen molar-refractivity contribution < 1.29 is 80.2 Å². The Kier molecular flexibility index (Phi) is 57.8. The summed E-state index contributed by atoms with van der Waals surface area (Å²) < 4.78 is 68.1. The molecule has 0 radical (unpaired) electrons. The summed E-state index contributed by atoms with van der Waals surface area (Å²) in [5.74, 6) is 0.139. The lowest BCUT2D eigenvalue weighted by atomic mass is 9.99. The molecule has 6 atom stereocenters. The SMILES string of the molecule is CCCCCCCCCCCC(=O)OC[C@H](COP(=O)(O)OC[C@H](O)COP(=O)(O)OC[C@@H](COC(=O)CCCCCCCCCCCCC(C)CC)OC(=O)CCCCCCCCCCCCCC(C)C)OC(=O)CCCCCCCCCC(C)C. The van der Waals surface area contributed by atoms with Gasteiger partial charge in [-0.2, -0.15) is 0 Å². The van der Waals surface area contributed by atoms with Crippen LogP contribution in [0.4, 0.5) is 0 Å². The molecule has 0 aromatic heterocycles. The average molecular weight is 1280 g/mol. The van der Waals surface area contributed by atoms with Crippen molar-refractivity contribution in [3.63, 3.8) is 0 Å². The molecular formula is C68H132O17P2. The van der Waals surface area contributed by atoms with E-state index < -0.39 is 97.5 Å². The Morgan fingerprint density at radius 2 is 0.586 bits per heavy atom. The van der Waals surface area contributed by atoms with Crippen molar-refractivity contribution in [1.29, 1.82) is 0 Å². The summed E-state index contributed by atoms with van der Waals surface area (Å²) in [6.45, 7) is 11.8. The van der Waals surface area contributed by atoms with Crippen molar-refractivity contribution in [2.24, 2.45) is 17.8 Å². The first-order valence-corrected chi connectivity index (χ1v) is 38.4. The number of phosphoric ester groups is 2. The quantitative estimate of drug-likeness (QED) is 0.0222. The molecule has 0 saturated carbocycles. The number of aliphatic hydroxyl groups excluding tert-OH is 1. The zero-order chi connectivity index (χ0) is 64.5. The van der Waals surface area contributed by atoms with E-state index in [9.17, 15) is 43.2 Å². The minimum absolute atomic E-state index is 0.103. The normalized spacial score (nSPS) is 14.6. The maximum absolute atomic E-state index is 13.0. The van der Waals surface area contributed by atoms with E-state index in [-0.39, 0.29) is 25.7 Å². The molecular weight excluding hydrogens is 1150 g/mol. The van der Waals surface area contributed by atoms with E-state index in [1.807, 2.05) is 0 Å². The number of carbonyl (C=O) groups is 4. The monoisotopic (exact) mass is 1280 g/mol. The Morgan fingerprint density at radius 3 is 0.874 bits per heavy atom. The van der Waals surface area contributed by atoms with Gasteiger partial charge in [-0.25, -0.2) is 9.13 Å². The molecule has 19 heteroatoms. The summed E-state index contributed by atoms with van der Waals surface area (Å²) in [5.41, 5.74) is 0. The molecule has 0 aliphatic carbocycles. The summed E-state index contributed by atoms with van der Waals surface area (Å²) >= 11 is 0. The van der Waals surface area contributed by atoms with Gasteiger partial charge in [-0.1, -0.05) is 286 Å². The van der Waals surface area contributed by atoms with E-state index in [0.29, 0.717) is 31.6 Å². The highest BCUT2D eigenvalue weighted by Gasteiger charge is 2.30.